The van der Waals surface area contributed by atoms with Gasteiger partial charge in [-0.2, -0.15) is 0 Å². The molecule has 0 atom stereocenters. The molecule has 1 aromatic rings. The van der Waals surface area contributed by atoms with Crippen molar-refractivity contribution in [1.82, 2.24) is 5.32 Å². The first-order chi connectivity index (χ1) is 8.49. The number of nitrogens with one attached hydrogen (secondary N) is 1. The van der Waals surface area contributed by atoms with E-state index in [1.165, 1.54) is 11.1 Å². The summed E-state index contributed by atoms with van der Waals surface area (Å²) in [4.78, 5) is 10.9. The number of carbonyl (C=O) groups is 1. The third-order valence-corrected chi connectivity index (χ3v) is 3.27. The van der Waals surface area contributed by atoms with Crippen LogP contribution in [0.4, 0.5) is 0 Å². The van der Waals surface area contributed by atoms with E-state index in [1.807, 2.05) is 12.1 Å². The third kappa shape index (κ3) is 2.82. The van der Waals surface area contributed by atoms with Gasteiger partial charge in [-0.05, 0) is 37.5 Å². The maximum atomic E-state index is 10.9. The standard InChI is InChI=1S/C14H19NO3/c1-14(2,13(16)17)15-7-5-10-3-4-12-11(9-10)6-8-18-12/h3-4,9,15H,5-8H2,1-2H3,(H,16,17). The summed E-state index contributed by atoms with van der Waals surface area (Å²) in [6.07, 6.45) is 1.79. The summed E-state index contributed by atoms with van der Waals surface area (Å²) in [5, 5.41) is 12.0. The Labute approximate surface area is 107 Å². The van der Waals surface area contributed by atoms with E-state index < -0.39 is 11.5 Å². The lowest BCUT2D eigenvalue weighted by Crippen LogP contribution is -2.47. The lowest BCUT2D eigenvalue weighted by Gasteiger charge is -2.20. The van der Waals surface area contributed by atoms with E-state index in [9.17, 15) is 4.79 Å². The Morgan fingerprint density at radius 3 is 3.00 bits per heavy atom. The van der Waals surface area contributed by atoms with Gasteiger partial charge >= 0.3 is 5.97 Å². The highest BCUT2D eigenvalue weighted by atomic mass is 16.5. The first kappa shape index (κ1) is 12.9. The molecule has 0 saturated heterocycles. The predicted octanol–water partition coefficient (Wildman–Crippen LogP) is 1.62. The van der Waals surface area contributed by atoms with Crippen molar-refractivity contribution < 1.29 is 14.6 Å². The maximum absolute atomic E-state index is 10.9. The normalized spacial score (nSPS) is 14.1. The molecular formula is C14H19NO3. The Bertz CT molecular complexity index is 454. The summed E-state index contributed by atoms with van der Waals surface area (Å²) in [6.45, 7) is 4.76. The molecule has 0 fully saturated rings. The molecule has 98 valence electrons. The van der Waals surface area contributed by atoms with Crippen LogP contribution in [0.5, 0.6) is 5.75 Å². The summed E-state index contributed by atoms with van der Waals surface area (Å²) in [7, 11) is 0. The topological polar surface area (TPSA) is 58.6 Å². The molecule has 18 heavy (non-hydrogen) atoms. The van der Waals surface area contributed by atoms with Crippen molar-refractivity contribution in [1.29, 1.82) is 0 Å². The molecule has 1 aliphatic heterocycles. The minimum Gasteiger partial charge on any atom is -0.493 e. The lowest BCUT2D eigenvalue weighted by molar-refractivity contribution is -0.143. The van der Waals surface area contributed by atoms with Gasteiger partial charge in [-0.15, -0.1) is 0 Å². The Kier molecular flexibility index (Phi) is 3.57. The van der Waals surface area contributed by atoms with Crippen LogP contribution in [0.3, 0.4) is 0 Å². The van der Waals surface area contributed by atoms with Gasteiger partial charge in [0.25, 0.3) is 0 Å². The quantitative estimate of drug-likeness (QED) is 0.832. The van der Waals surface area contributed by atoms with E-state index in [2.05, 4.69) is 11.4 Å². The SMILES string of the molecule is CC(C)(NCCc1ccc2c(c1)CCO2)C(=O)O. The molecule has 0 aliphatic carbocycles. The molecule has 4 heteroatoms. The van der Waals surface area contributed by atoms with Crippen molar-refractivity contribution in [2.24, 2.45) is 0 Å². The van der Waals surface area contributed by atoms with Crippen LogP contribution in [-0.2, 0) is 17.6 Å². The zero-order valence-corrected chi connectivity index (χ0v) is 10.8. The number of carboxylic acid groups (broad SMARTS) is 1. The predicted molar refractivity (Wildman–Crippen MR) is 69.1 cm³/mol. The monoisotopic (exact) mass is 249 g/mol. The highest BCUT2D eigenvalue weighted by Crippen LogP contribution is 2.25. The average molecular weight is 249 g/mol. The molecule has 1 heterocycles. The fourth-order valence-electron chi connectivity index (χ4n) is 1.99. The van der Waals surface area contributed by atoms with Gasteiger partial charge in [-0.3, -0.25) is 4.79 Å². The second-order valence-electron chi connectivity index (χ2n) is 5.15. The Hall–Kier alpha value is -1.55. The maximum Gasteiger partial charge on any atom is 0.323 e. The molecule has 2 rings (SSSR count). The number of benzene rings is 1. The molecule has 1 aliphatic rings. The van der Waals surface area contributed by atoms with Crippen LogP contribution in [-0.4, -0.2) is 29.8 Å². The Morgan fingerprint density at radius 2 is 2.28 bits per heavy atom. The first-order valence-corrected chi connectivity index (χ1v) is 6.22. The summed E-state index contributed by atoms with van der Waals surface area (Å²) >= 11 is 0. The molecule has 0 unspecified atom stereocenters. The molecule has 0 bridgehead atoms. The van der Waals surface area contributed by atoms with Crippen molar-refractivity contribution in [3.05, 3.63) is 29.3 Å². The molecular weight excluding hydrogens is 230 g/mol. The fraction of sp³-hybridized carbons (Fsp3) is 0.500. The third-order valence-electron chi connectivity index (χ3n) is 3.27. The number of hydrogen-bond donors (Lipinski definition) is 2. The summed E-state index contributed by atoms with van der Waals surface area (Å²) in [6, 6.07) is 6.19. The van der Waals surface area contributed by atoms with E-state index in [1.54, 1.807) is 13.8 Å². The van der Waals surface area contributed by atoms with Crippen LogP contribution in [0.25, 0.3) is 0 Å². The number of rotatable bonds is 5. The summed E-state index contributed by atoms with van der Waals surface area (Å²) < 4.78 is 5.45. The molecule has 0 amide bonds. The van der Waals surface area contributed by atoms with Crippen LogP contribution in [0.1, 0.15) is 25.0 Å². The minimum atomic E-state index is -0.875. The van der Waals surface area contributed by atoms with Gasteiger partial charge in [0.15, 0.2) is 0 Å². The molecule has 1 aromatic carbocycles. The van der Waals surface area contributed by atoms with E-state index in [-0.39, 0.29) is 0 Å². The van der Waals surface area contributed by atoms with Crippen LogP contribution in [0, 0.1) is 0 Å². The van der Waals surface area contributed by atoms with Gasteiger partial charge in [0.1, 0.15) is 11.3 Å². The number of ether oxygens (including phenoxy) is 1. The Balaban J connectivity index is 1.89. The van der Waals surface area contributed by atoms with Crippen LogP contribution in [0.15, 0.2) is 18.2 Å². The van der Waals surface area contributed by atoms with Crippen molar-refractivity contribution in [2.45, 2.75) is 32.2 Å². The molecule has 0 radical (unpaired) electrons. The zero-order valence-electron chi connectivity index (χ0n) is 10.8. The second kappa shape index (κ2) is 4.98. The Morgan fingerprint density at radius 1 is 1.50 bits per heavy atom. The highest BCUT2D eigenvalue weighted by molar-refractivity contribution is 5.77. The van der Waals surface area contributed by atoms with Gasteiger partial charge in [-0.25, -0.2) is 0 Å². The van der Waals surface area contributed by atoms with Crippen LogP contribution >= 0.6 is 0 Å². The summed E-state index contributed by atoms with van der Waals surface area (Å²) in [5.74, 6) is 0.155. The fourth-order valence-corrected chi connectivity index (χ4v) is 1.99. The van der Waals surface area contributed by atoms with Gasteiger partial charge < -0.3 is 15.2 Å². The molecule has 0 saturated carbocycles. The van der Waals surface area contributed by atoms with Crippen molar-refractivity contribution in [2.75, 3.05) is 13.2 Å². The van der Waals surface area contributed by atoms with Gasteiger partial charge in [0, 0.05) is 13.0 Å². The number of hydrogen-bond acceptors (Lipinski definition) is 3. The van der Waals surface area contributed by atoms with E-state index in [4.69, 9.17) is 9.84 Å². The zero-order chi connectivity index (χ0) is 13.2. The average Bonchev–Trinajstić information content (AvgIpc) is 2.75. The lowest BCUT2D eigenvalue weighted by atomic mass is 10.0. The summed E-state index contributed by atoms with van der Waals surface area (Å²) in [5.41, 5.74) is 1.60. The van der Waals surface area contributed by atoms with Gasteiger partial charge in [0.05, 0.1) is 6.61 Å². The molecule has 0 spiro atoms. The van der Waals surface area contributed by atoms with Crippen molar-refractivity contribution >= 4 is 5.97 Å². The minimum absolute atomic E-state index is 0.652. The largest absolute Gasteiger partial charge is 0.493 e. The van der Waals surface area contributed by atoms with Crippen molar-refractivity contribution in [3.63, 3.8) is 0 Å². The van der Waals surface area contributed by atoms with E-state index in [0.717, 1.165) is 25.2 Å². The van der Waals surface area contributed by atoms with Crippen molar-refractivity contribution in [3.8, 4) is 5.75 Å². The number of carboxylic acids is 1. The first-order valence-electron chi connectivity index (χ1n) is 6.22. The second-order valence-corrected chi connectivity index (χ2v) is 5.15. The van der Waals surface area contributed by atoms with Gasteiger partial charge in [-0.1, -0.05) is 12.1 Å². The molecule has 0 aromatic heterocycles. The van der Waals surface area contributed by atoms with E-state index >= 15 is 0 Å². The molecule has 2 N–H and O–H groups in total. The van der Waals surface area contributed by atoms with Gasteiger partial charge in [0.2, 0.25) is 0 Å². The highest BCUT2D eigenvalue weighted by Gasteiger charge is 2.25. The van der Waals surface area contributed by atoms with Crippen LogP contribution in [0.2, 0.25) is 0 Å². The van der Waals surface area contributed by atoms with E-state index in [0.29, 0.717) is 6.54 Å². The number of fused-ring (bicyclic) bond motifs is 1. The smallest absolute Gasteiger partial charge is 0.323 e. The molecule has 4 nitrogen and oxygen atoms in total. The van der Waals surface area contributed by atoms with Crippen LogP contribution < -0.4 is 10.1 Å². The number of aliphatic carboxylic acids is 1.